The van der Waals surface area contributed by atoms with Crippen LogP contribution in [0.1, 0.15) is 54.0 Å². The van der Waals surface area contributed by atoms with Crippen LogP contribution in [-0.2, 0) is 9.16 Å². The number of amides is 1. The van der Waals surface area contributed by atoms with Gasteiger partial charge in [-0.1, -0.05) is 51.1 Å². The van der Waals surface area contributed by atoms with Crippen LogP contribution in [0.2, 0.25) is 18.1 Å². The molecule has 1 rings (SSSR count). The lowest BCUT2D eigenvalue weighted by atomic mass is 10.2. The molecule has 0 aliphatic carbocycles. The number of rotatable bonds is 8. The topological polar surface area (TPSA) is 56.8 Å². The second-order valence-electron chi connectivity index (χ2n) is 9.82. The molecule has 0 saturated carbocycles. The fourth-order valence-electron chi connectivity index (χ4n) is 2.16. The number of ether oxygens (including phenoxy) is 2. The molecule has 1 N–H and O–H groups in total. The first-order chi connectivity index (χ1) is 13.2. The Bertz CT molecular complexity index is 687. The van der Waals surface area contributed by atoms with Crippen molar-refractivity contribution in [3.05, 3.63) is 35.9 Å². The van der Waals surface area contributed by atoms with Crippen molar-refractivity contribution in [2.45, 2.75) is 78.3 Å². The molecule has 0 fully saturated rings. The van der Waals surface area contributed by atoms with Crippen molar-refractivity contribution in [1.82, 2.24) is 5.32 Å². The number of hydrogen-bond acceptors (Lipinski definition) is 4. The maximum Gasteiger partial charge on any atom is 0.407 e. The molecule has 0 spiro atoms. The van der Waals surface area contributed by atoms with E-state index < -0.39 is 20.0 Å². The normalized spacial score (nSPS) is 14.0. The molecule has 0 heterocycles. The standard InChI is InChI=1S/C23H39NO4Si/c1-18(17-26-29(8,9)23(5,6)7)27-20-15-11-10-13-19(20)14-12-16-24-21(25)28-22(2,3)4/h10-15,18H,16-17H2,1-9H3,(H,24,25)/t18-/m1/s1. The zero-order valence-corrected chi connectivity index (χ0v) is 20.6. The van der Waals surface area contributed by atoms with E-state index in [0.29, 0.717) is 13.2 Å². The average Bonchev–Trinajstić information content (AvgIpc) is 2.56. The molecule has 0 radical (unpaired) electrons. The highest BCUT2D eigenvalue weighted by molar-refractivity contribution is 6.74. The number of nitrogens with one attached hydrogen (secondary N) is 1. The predicted octanol–water partition coefficient (Wildman–Crippen LogP) is 6.01. The van der Waals surface area contributed by atoms with Crippen molar-refractivity contribution in [3.8, 4) is 5.75 Å². The van der Waals surface area contributed by atoms with Gasteiger partial charge in [0, 0.05) is 12.1 Å². The molecule has 1 aromatic rings. The van der Waals surface area contributed by atoms with Crippen LogP contribution in [0.25, 0.3) is 6.08 Å². The number of carbonyl (C=O) groups excluding carboxylic acids is 1. The van der Waals surface area contributed by atoms with Crippen LogP contribution in [0.5, 0.6) is 5.75 Å². The van der Waals surface area contributed by atoms with Gasteiger partial charge >= 0.3 is 6.09 Å². The number of para-hydroxylation sites is 1. The zero-order chi connectivity index (χ0) is 22.3. The van der Waals surface area contributed by atoms with Crippen LogP contribution >= 0.6 is 0 Å². The highest BCUT2D eigenvalue weighted by Crippen LogP contribution is 2.36. The minimum absolute atomic E-state index is 0.0569. The van der Waals surface area contributed by atoms with E-state index in [-0.39, 0.29) is 11.1 Å². The van der Waals surface area contributed by atoms with Crippen molar-refractivity contribution in [2.24, 2.45) is 0 Å². The first-order valence-electron chi connectivity index (χ1n) is 10.2. The first kappa shape index (κ1) is 25.2. The lowest BCUT2D eigenvalue weighted by Crippen LogP contribution is -2.43. The highest BCUT2D eigenvalue weighted by atomic mass is 28.4. The lowest BCUT2D eigenvalue weighted by Gasteiger charge is -2.37. The van der Waals surface area contributed by atoms with Gasteiger partial charge in [0.25, 0.3) is 0 Å². The monoisotopic (exact) mass is 421 g/mol. The van der Waals surface area contributed by atoms with Crippen molar-refractivity contribution in [2.75, 3.05) is 13.2 Å². The van der Waals surface area contributed by atoms with E-state index in [1.165, 1.54) is 0 Å². The van der Waals surface area contributed by atoms with E-state index in [4.69, 9.17) is 13.9 Å². The summed E-state index contributed by atoms with van der Waals surface area (Å²) in [4.78, 5) is 11.7. The van der Waals surface area contributed by atoms with E-state index in [9.17, 15) is 4.79 Å². The number of carbonyl (C=O) groups is 1. The number of alkyl carbamates (subject to hydrolysis) is 1. The Kier molecular flexibility index (Phi) is 8.97. The van der Waals surface area contributed by atoms with E-state index in [1.54, 1.807) is 0 Å². The molecule has 29 heavy (non-hydrogen) atoms. The maximum atomic E-state index is 11.7. The van der Waals surface area contributed by atoms with Gasteiger partial charge in [-0.05, 0) is 51.9 Å². The molecule has 1 amide bonds. The summed E-state index contributed by atoms with van der Waals surface area (Å²) in [6.07, 6.45) is 3.33. The molecule has 0 unspecified atom stereocenters. The molecule has 0 aliphatic rings. The molecule has 0 bridgehead atoms. The summed E-state index contributed by atoms with van der Waals surface area (Å²) in [5.41, 5.74) is 0.453. The number of benzene rings is 1. The summed E-state index contributed by atoms with van der Waals surface area (Å²) in [6, 6.07) is 7.85. The molecule has 0 aliphatic heterocycles. The van der Waals surface area contributed by atoms with Gasteiger partial charge in [0.15, 0.2) is 8.32 Å². The Morgan fingerprint density at radius 1 is 1.14 bits per heavy atom. The molecule has 5 nitrogen and oxygen atoms in total. The fourth-order valence-corrected chi connectivity index (χ4v) is 3.25. The molecule has 0 saturated heterocycles. The van der Waals surface area contributed by atoms with Gasteiger partial charge in [0.05, 0.1) is 6.61 Å². The first-order valence-corrected chi connectivity index (χ1v) is 13.2. The summed E-state index contributed by atoms with van der Waals surface area (Å²) in [5, 5.41) is 2.89. The van der Waals surface area contributed by atoms with Gasteiger partial charge in [-0.2, -0.15) is 0 Å². The SMILES string of the molecule is C[C@H](CO[Si](C)(C)C(C)(C)C)Oc1ccccc1C=CCNC(=O)OC(C)(C)C. The maximum absolute atomic E-state index is 11.7. The van der Waals surface area contributed by atoms with Gasteiger partial charge in [0.1, 0.15) is 17.5 Å². The summed E-state index contributed by atoms with van der Waals surface area (Å²) in [5.74, 6) is 0.798. The molecule has 1 aromatic carbocycles. The molecule has 0 aromatic heterocycles. The Balaban J connectivity index is 2.62. The molecule has 1 atom stereocenters. The van der Waals surface area contributed by atoms with Gasteiger partial charge in [0.2, 0.25) is 0 Å². The Morgan fingerprint density at radius 2 is 1.76 bits per heavy atom. The van der Waals surface area contributed by atoms with Crippen molar-refractivity contribution >= 4 is 20.5 Å². The summed E-state index contributed by atoms with van der Waals surface area (Å²) in [7, 11) is -1.80. The van der Waals surface area contributed by atoms with Gasteiger partial charge < -0.3 is 19.2 Å². The average molecular weight is 422 g/mol. The van der Waals surface area contributed by atoms with Crippen molar-refractivity contribution < 1.29 is 18.7 Å². The summed E-state index contributed by atoms with van der Waals surface area (Å²) < 4.78 is 17.6. The smallest absolute Gasteiger partial charge is 0.407 e. The second kappa shape index (κ2) is 10.3. The molecule has 6 heteroatoms. The van der Waals surface area contributed by atoms with Crippen LogP contribution in [-0.4, -0.2) is 39.3 Å². The lowest BCUT2D eigenvalue weighted by molar-refractivity contribution is 0.0534. The Morgan fingerprint density at radius 3 is 2.34 bits per heavy atom. The molecular formula is C23H39NO4Si. The minimum atomic E-state index is -1.80. The van der Waals surface area contributed by atoms with Crippen LogP contribution in [0.3, 0.4) is 0 Å². The van der Waals surface area contributed by atoms with E-state index >= 15 is 0 Å². The third-order valence-corrected chi connectivity index (χ3v) is 9.29. The second-order valence-corrected chi connectivity index (χ2v) is 14.6. The van der Waals surface area contributed by atoms with Crippen molar-refractivity contribution in [1.29, 1.82) is 0 Å². The molecular weight excluding hydrogens is 382 g/mol. The van der Waals surface area contributed by atoms with Crippen LogP contribution in [0.15, 0.2) is 30.3 Å². The quantitative estimate of drug-likeness (QED) is 0.522. The minimum Gasteiger partial charge on any atom is -0.488 e. The van der Waals surface area contributed by atoms with Crippen LogP contribution < -0.4 is 10.1 Å². The van der Waals surface area contributed by atoms with E-state index in [2.05, 4.69) is 39.2 Å². The molecule has 164 valence electrons. The van der Waals surface area contributed by atoms with Gasteiger partial charge in [-0.25, -0.2) is 4.79 Å². The largest absolute Gasteiger partial charge is 0.488 e. The van der Waals surface area contributed by atoms with E-state index in [1.807, 2.05) is 64.1 Å². The van der Waals surface area contributed by atoms with Gasteiger partial charge in [-0.3, -0.25) is 0 Å². The van der Waals surface area contributed by atoms with E-state index in [0.717, 1.165) is 11.3 Å². The fraction of sp³-hybridized carbons (Fsp3) is 0.609. The number of hydrogen-bond donors (Lipinski definition) is 1. The zero-order valence-electron chi connectivity index (χ0n) is 19.6. The van der Waals surface area contributed by atoms with Crippen LogP contribution in [0.4, 0.5) is 4.79 Å². The van der Waals surface area contributed by atoms with Crippen LogP contribution in [0, 0.1) is 0 Å². The summed E-state index contributed by atoms with van der Waals surface area (Å²) in [6.45, 7) is 19.7. The Hall–Kier alpha value is -1.79. The third kappa shape index (κ3) is 9.50. The summed E-state index contributed by atoms with van der Waals surface area (Å²) >= 11 is 0. The Labute approximate surface area is 178 Å². The van der Waals surface area contributed by atoms with Crippen molar-refractivity contribution in [3.63, 3.8) is 0 Å². The predicted molar refractivity (Wildman–Crippen MR) is 123 cm³/mol. The third-order valence-electron chi connectivity index (χ3n) is 4.79. The highest BCUT2D eigenvalue weighted by Gasteiger charge is 2.37. The van der Waals surface area contributed by atoms with Gasteiger partial charge in [-0.15, -0.1) is 0 Å².